The van der Waals surface area contributed by atoms with E-state index in [1.54, 1.807) is 11.3 Å². The summed E-state index contributed by atoms with van der Waals surface area (Å²) in [7, 11) is 0. The van der Waals surface area contributed by atoms with Gasteiger partial charge in [-0.1, -0.05) is 30.3 Å². The lowest BCUT2D eigenvalue weighted by atomic mass is 10.2. The lowest BCUT2D eigenvalue weighted by molar-refractivity contribution is 0.700. The zero-order chi connectivity index (χ0) is 9.64. The third-order valence-corrected chi connectivity index (χ3v) is 2.73. The molecule has 0 unspecified atom stereocenters. The summed E-state index contributed by atoms with van der Waals surface area (Å²) in [5.41, 5.74) is 3.18. The van der Waals surface area contributed by atoms with E-state index in [1.165, 1.54) is 10.4 Å². The molecular weight excluding hydrogens is 192 g/mol. The highest BCUT2D eigenvalue weighted by atomic mass is 32.1. The Bertz CT molecular complexity index is 356. The predicted octanol–water partition coefficient (Wildman–Crippen LogP) is 2.43. The predicted molar refractivity (Wildman–Crippen MR) is 59.1 cm³/mol. The molecule has 0 aliphatic heterocycles. The third kappa shape index (κ3) is 2.65. The van der Waals surface area contributed by atoms with Crippen LogP contribution < -0.4 is 5.32 Å². The number of nitrogens with one attached hydrogen (secondary N) is 1. The summed E-state index contributed by atoms with van der Waals surface area (Å²) in [5, 5.41) is 3.37. The van der Waals surface area contributed by atoms with Gasteiger partial charge >= 0.3 is 0 Å². The first-order chi connectivity index (χ1) is 6.95. The normalized spacial score (nSPS) is 10.3. The summed E-state index contributed by atoms with van der Waals surface area (Å²) >= 11 is 1.68. The molecule has 2 aromatic rings. The van der Waals surface area contributed by atoms with Gasteiger partial charge in [0.2, 0.25) is 0 Å². The van der Waals surface area contributed by atoms with E-state index in [4.69, 9.17) is 0 Å². The Labute approximate surface area is 87.6 Å². The molecule has 0 amide bonds. The minimum absolute atomic E-state index is 0.902. The van der Waals surface area contributed by atoms with E-state index in [9.17, 15) is 0 Å². The van der Waals surface area contributed by atoms with Crippen LogP contribution in [0, 0.1) is 0 Å². The summed E-state index contributed by atoms with van der Waals surface area (Å²) in [6.45, 7) is 1.82. The average molecular weight is 204 g/mol. The van der Waals surface area contributed by atoms with Crippen molar-refractivity contribution in [1.29, 1.82) is 0 Å². The van der Waals surface area contributed by atoms with Crippen LogP contribution in [0.3, 0.4) is 0 Å². The van der Waals surface area contributed by atoms with Gasteiger partial charge in [0, 0.05) is 24.2 Å². The van der Waals surface area contributed by atoms with Crippen LogP contribution in [0.5, 0.6) is 0 Å². The minimum Gasteiger partial charge on any atom is -0.308 e. The Morgan fingerprint density at radius 1 is 1.14 bits per heavy atom. The van der Waals surface area contributed by atoms with Crippen molar-refractivity contribution in [2.24, 2.45) is 0 Å². The Kier molecular flexibility index (Phi) is 3.27. The van der Waals surface area contributed by atoms with Gasteiger partial charge in [-0.2, -0.15) is 0 Å². The van der Waals surface area contributed by atoms with Crippen molar-refractivity contribution < 1.29 is 0 Å². The van der Waals surface area contributed by atoms with Gasteiger partial charge < -0.3 is 5.32 Å². The lowest BCUT2D eigenvalue weighted by Gasteiger charge is -2.02. The molecular formula is C11H12N2S. The van der Waals surface area contributed by atoms with Crippen molar-refractivity contribution in [3.8, 4) is 0 Å². The van der Waals surface area contributed by atoms with E-state index in [1.807, 2.05) is 17.8 Å². The molecule has 0 aliphatic rings. The van der Waals surface area contributed by atoms with Crippen LogP contribution in [-0.2, 0) is 13.1 Å². The first-order valence-electron chi connectivity index (χ1n) is 4.57. The summed E-state index contributed by atoms with van der Waals surface area (Å²) in [6.07, 6.45) is 1.91. The minimum atomic E-state index is 0.902. The first-order valence-corrected chi connectivity index (χ1v) is 5.45. The number of benzene rings is 1. The Hall–Kier alpha value is -1.19. The third-order valence-electron chi connectivity index (χ3n) is 1.95. The van der Waals surface area contributed by atoms with Crippen LogP contribution in [0.25, 0.3) is 0 Å². The van der Waals surface area contributed by atoms with E-state index in [0.29, 0.717) is 0 Å². The van der Waals surface area contributed by atoms with E-state index in [-0.39, 0.29) is 0 Å². The quantitative estimate of drug-likeness (QED) is 0.827. The Morgan fingerprint density at radius 2 is 2.00 bits per heavy atom. The van der Waals surface area contributed by atoms with Crippen molar-refractivity contribution in [3.05, 3.63) is 52.5 Å². The van der Waals surface area contributed by atoms with Gasteiger partial charge in [0.05, 0.1) is 5.51 Å². The zero-order valence-corrected chi connectivity index (χ0v) is 8.63. The molecule has 0 spiro atoms. The van der Waals surface area contributed by atoms with Gasteiger partial charge in [-0.15, -0.1) is 11.3 Å². The second kappa shape index (κ2) is 4.88. The molecule has 0 bridgehead atoms. The van der Waals surface area contributed by atoms with Crippen molar-refractivity contribution in [1.82, 2.24) is 10.3 Å². The van der Waals surface area contributed by atoms with Crippen molar-refractivity contribution >= 4 is 11.3 Å². The summed E-state index contributed by atoms with van der Waals surface area (Å²) in [6, 6.07) is 10.4. The number of nitrogens with zero attached hydrogens (tertiary/aromatic N) is 1. The van der Waals surface area contributed by atoms with E-state index in [2.05, 4.69) is 34.6 Å². The number of hydrogen-bond donors (Lipinski definition) is 1. The van der Waals surface area contributed by atoms with E-state index >= 15 is 0 Å². The molecule has 0 radical (unpaired) electrons. The van der Waals surface area contributed by atoms with E-state index in [0.717, 1.165) is 13.1 Å². The number of rotatable bonds is 4. The van der Waals surface area contributed by atoms with E-state index < -0.39 is 0 Å². The average Bonchev–Trinajstić information content (AvgIpc) is 2.72. The molecule has 14 heavy (non-hydrogen) atoms. The summed E-state index contributed by atoms with van der Waals surface area (Å²) < 4.78 is 0. The monoisotopic (exact) mass is 204 g/mol. The lowest BCUT2D eigenvalue weighted by Crippen LogP contribution is -2.11. The van der Waals surface area contributed by atoms with Crippen LogP contribution in [0.4, 0.5) is 0 Å². The summed E-state index contributed by atoms with van der Waals surface area (Å²) in [5.74, 6) is 0. The van der Waals surface area contributed by atoms with Gasteiger partial charge in [-0.05, 0) is 5.56 Å². The second-order valence-corrected chi connectivity index (χ2v) is 4.03. The van der Waals surface area contributed by atoms with Gasteiger partial charge in [-0.3, -0.25) is 4.98 Å². The SMILES string of the molecule is c1ccc(CNCc2cncs2)cc1. The molecule has 1 heterocycles. The summed E-state index contributed by atoms with van der Waals surface area (Å²) in [4.78, 5) is 5.30. The topological polar surface area (TPSA) is 24.9 Å². The molecule has 1 aromatic carbocycles. The van der Waals surface area contributed by atoms with Crippen LogP contribution in [0.2, 0.25) is 0 Å². The second-order valence-electron chi connectivity index (χ2n) is 3.06. The highest BCUT2D eigenvalue weighted by molar-refractivity contribution is 7.09. The number of aromatic nitrogens is 1. The zero-order valence-electron chi connectivity index (χ0n) is 7.81. The molecule has 72 valence electrons. The highest BCUT2D eigenvalue weighted by Gasteiger charge is 1.94. The fraction of sp³-hybridized carbons (Fsp3) is 0.182. The number of thiazole rings is 1. The number of hydrogen-bond acceptors (Lipinski definition) is 3. The molecule has 1 aromatic heterocycles. The Balaban J connectivity index is 1.79. The van der Waals surface area contributed by atoms with Crippen LogP contribution >= 0.6 is 11.3 Å². The molecule has 2 rings (SSSR count). The van der Waals surface area contributed by atoms with Gasteiger partial charge in [-0.25, -0.2) is 0 Å². The molecule has 2 nitrogen and oxygen atoms in total. The molecule has 0 saturated heterocycles. The van der Waals surface area contributed by atoms with Gasteiger partial charge in [0.25, 0.3) is 0 Å². The smallest absolute Gasteiger partial charge is 0.0794 e. The fourth-order valence-electron chi connectivity index (χ4n) is 1.26. The maximum absolute atomic E-state index is 4.03. The van der Waals surface area contributed by atoms with Gasteiger partial charge in [0.15, 0.2) is 0 Å². The highest BCUT2D eigenvalue weighted by Crippen LogP contribution is 2.05. The van der Waals surface area contributed by atoms with Crippen molar-refractivity contribution in [3.63, 3.8) is 0 Å². The maximum atomic E-state index is 4.03. The fourth-order valence-corrected chi connectivity index (χ4v) is 1.82. The van der Waals surface area contributed by atoms with Crippen LogP contribution in [-0.4, -0.2) is 4.98 Å². The van der Waals surface area contributed by atoms with Crippen LogP contribution in [0.1, 0.15) is 10.4 Å². The molecule has 0 atom stereocenters. The van der Waals surface area contributed by atoms with Crippen LogP contribution in [0.15, 0.2) is 42.0 Å². The molecule has 0 aliphatic carbocycles. The molecule has 1 N–H and O–H groups in total. The molecule has 0 fully saturated rings. The maximum Gasteiger partial charge on any atom is 0.0794 e. The van der Waals surface area contributed by atoms with Gasteiger partial charge in [0.1, 0.15) is 0 Å². The first kappa shape index (κ1) is 9.37. The largest absolute Gasteiger partial charge is 0.308 e. The Morgan fingerprint density at radius 3 is 2.71 bits per heavy atom. The van der Waals surface area contributed by atoms with Crippen molar-refractivity contribution in [2.75, 3.05) is 0 Å². The van der Waals surface area contributed by atoms with Crippen molar-refractivity contribution in [2.45, 2.75) is 13.1 Å². The molecule has 0 saturated carbocycles. The molecule has 3 heteroatoms. The standard InChI is InChI=1S/C11H12N2S/c1-2-4-10(5-3-1)6-12-7-11-8-13-9-14-11/h1-5,8-9,12H,6-7H2.